The lowest BCUT2D eigenvalue weighted by Crippen LogP contribution is -2.09. The number of furan rings is 1. The van der Waals surface area contributed by atoms with Gasteiger partial charge in [-0.15, -0.1) is 0 Å². The van der Waals surface area contributed by atoms with Crippen LogP contribution in [-0.2, 0) is 4.79 Å². The van der Waals surface area contributed by atoms with Crippen LogP contribution in [-0.4, -0.2) is 12.5 Å². The molecule has 35 heavy (non-hydrogen) atoms. The monoisotopic (exact) mass is 475 g/mol. The van der Waals surface area contributed by atoms with E-state index in [-0.39, 0.29) is 5.69 Å². The molecule has 0 aliphatic heterocycles. The Kier molecular flexibility index (Phi) is 6.74. The van der Waals surface area contributed by atoms with Crippen molar-refractivity contribution in [3.8, 4) is 16.9 Å². The van der Waals surface area contributed by atoms with Gasteiger partial charge in [-0.25, -0.2) is 8.78 Å². The van der Waals surface area contributed by atoms with E-state index in [9.17, 15) is 13.6 Å². The standard InChI is InChI=1S/C29H27F2NO3/c1-6-34-28-19(5)29-23(24(15-35-29)21-9-7-16(2)11-17(21)3)14-22(28)18(4)12-27(33)32-20-8-10-25(30)26(31)13-20/h7-15H,6H2,1-5H3,(H,32,33)/b18-12+. The van der Waals surface area contributed by atoms with Gasteiger partial charge in [0.15, 0.2) is 11.6 Å². The lowest BCUT2D eigenvalue weighted by Gasteiger charge is -2.15. The Labute approximate surface area is 203 Å². The van der Waals surface area contributed by atoms with Crippen LogP contribution in [0.3, 0.4) is 0 Å². The summed E-state index contributed by atoms with van der Waals surface area (Å²) < 4.78 is 38.7. The quantitative estimate of drug-likeness (QED) is 0.290. The predicted octanol–water partition coefficient (Wildman–Crippen LogP) is 7.74. The van der Waals surface area contributed by atoms with Crippen LogP contribution in [0.2, 0.25) is 0 Å². The third-order valence-electron chi connectivity index (χ3n) is 5.96. The zero-order valence-corrected chi connectivity index (χ0v) is 20.4. The Bertz CT molecular complexity index is 1470. The van der Waals surface area contributed by atoms with Crippen LogP contribution in [0.1, 0.15) is 36.1 Å². The molecule has 0 spiro atoms. The summed E-state index contributed by atoms with van der Waals surface area (Å²) in [5.74, 6) is -1.83. The summed E-state index contributed by atoms with van der Waals surface area (Å²) in [6, 6.07) is 11.5. The highest BCUT2D eigenvalue weighted by molar-refractivity contribution is 6.06. The molecule has 0 fully saturated rings. The van der Waals surface area contributed by atoms with Crippen molar-refractivity contribution in [3.05, 3.63) is 88.7 Å². The molecule has 0 bridgehead atoms. The largest absolute Gasteiger partial charge is 0.493 e. The molecule has 6 heteroatoms. The average Bonchev–Trinajstić information content (AvgIpc) is 3.22. The molecule has 1 aromatic heterocycles. The first-order chi connectivity index (χ1) is 16.7. The molecule has 0 saturated heterocycles. The molecule has 4 rings (SSSR count). The molecule has 1 amide bonds. The minimum Gasteiger partial charge on any atom is -0.493 e. The molecule has 180 valence electrons. The van der Waals surface area contributed by atoms with Crippen LogP contribution in [0.5, 0.6) is 5.75 Å². The molecular formula is C29H27F2NO3. The SMILES string of the molecule is CCOc1c(/C(C)=C/C(=O)Nc2ccc(F)c(F)c2)cc2c(-c3ccc(C)cc3C)coc2c1C. The molecule has 0 radical (unpaired) electrons. The van der Waals surface area contributed by atoms with E-state index in [2.05, 4.69) is 37.4 Å². The summed E-state index contributed by atoms with van der Waals surface area (Å²) in [6.45, 7) is 10.2. The van der Waals surface area contributed by atoms with Crippen molar-refractivity contribution in [3.63, 3.8) is 0 Å². The molecule has 0 aliphatic carbocycles. The topological polar surface area (TPSA) is 51.5 Å². The fourth-order valence-corrected chi connectivity index (χ4v) is 4.29. The molecule has 1 N–H and O–H groups in total. The van der Waals surface area contributed by atoms with Crippen molar-refractivity contribution in [1.82, 2.24) is 0 Å². The molecule has 3 aromatic carbocycles. The zero-order valence-electron chi connectivity index (χ0n) is 20.4. The molecule has 0 atom stereocenters. The van der Waals surface area contributed by atoms with Gasteiger partial charge in [-0.3, -0.25) is 4.79 Å². The number of amides is 1. The maximum Gasteiger partial charge on any atom is 0.248 e. The number of allylic oxidation sites excluding steroid dienone is 1. The molecular weight excluding hydrogens is 448 g/mol. The highest BCUT2D eigenvalue weighted by atomic mass is 19.2. The Balaban J connectivity index is 1.79. The van der Waals surface area contributed by atoms with Gasteiger partial charge >= 0.3 is 0 Å². The van der Waals surface area contributed by atoms with Gasteiger partial charge < -0.3 is 14.5 Å². The van der Waals surface area contributed by atoms with Crippen LogP contribution >= 0.6 is 0 Å². The van der Waals surface area contributed by atoms with E-state index in [1.165, 1.54) is 17.7 Å². The first-order valence-electron chi connectivity index (χ1n) is 11.4. The van der Waals surface area contributed by atoms with Crippen molar-refractivity contribution in [2.75, 3.05) is 11.9 Å². The molecule has 0 unspecified atom stereocenters. The lowest BCUT2D eigenvalue weighted by atomic mass is 9.94. The minimum atomic E-state index is -1.03. The number of carbonyl (C=O) groups excluding carboxylic acids is 1. The van der Waals surface area contributed by atoms with Gasteiger partial charge in [0.25, 0.3) is 0 Å². The van der Waals surface area contributed by atoms with Crippen LogP contribution in [0.15, 0.2) is 59.2 Å². The Morgan fingerprint density at radius 1 is 1.03 bits per heavy atom. The van der Waals surface area contributed by atoms with Gasteiger partial charge in [-0.2, -0.15) is 0 Å². The van der Waals surface area contributed by atoms with E-state index >= 15 is 0 Å². The van der Waals surface area contributed by atoms with Crippen molar-refractivity contribution in [1.29, 1.82) is 0 Å². The number of hydrogen-bond donors (Lipinski definition) is 1. The summed E-state index contributed by atoms with van der Waals surface area (Å²) in [7, 11) is 0. The minimum absolute atomic E-state index is 0.168. The van der Waals surface area contributed by atoms with E-state index in [1.54, 1.807) is 6.26 Å². The molecule has 4 aromatic rings. The van der Waals surface area contributed by atoms with Crippen molar-refractivity contribution >= 4 is 28.1 Å². The third kappa shape index (κ3) is 4.83. The number of anilines is 1. The van der Waals surface area contributed by atoms with Gasteiger partial charge in [-0.1, -0.05) is 23.8 Å². The number of halogens is 2. The Morgan fingerprint density at radius 2 is 1.80 bits per heavy atom. The van der Waals surface area contributed by atoms with Crippen LogP contribution in [0.4, 0.5) is 14.5 Å². The fourth-order valence-electron chi connectivity index (χ4n) is 4.29. The van der Waals surface area contributed by atoms with E-state index in [1.807, 2.05) is 26.8 Å². The molecule has 0 saturated carbocycles. The van der Waals surface area contributed by atoms with E-state index in [4.69, 9.17) is 9.15 Å². The second kappa shape index (κ2) is 9.74. The smallest absolute Gasteiger partial charge is 0.248 e. The number of ether oxygens (including phenoxy) is 1. The first-order valence-corrected chi connectivity index (χ1v) is 11.4. The number of fused-ring (bicyclic) bond motifs is 1. The highest BCUT2D eigenvalue weighted by Gasteiger charge is 2.20. The number of carbonyl (C=O) groups is 1. The fraction of sp³-hybridized carbons (Fsp3) is 0.207. The van der Waals surface area contributed by atoms with Crippen molar-refractivity contribution < 1.29 is 22.7 Å². The Morgan fingerprint density at radius 3 is 2.49 bits per heavy atom. The summed E-state index contributed by atoms with van der Waals surface area (Å²) in [5.41, 5.74) is 7.50. The van der Waals surface area contributed by atoms with Gasteiger partial charge in [0.1, 0.15) is 11.3 Å². The summed E-state index contributed by atoms with van der Waals surface area (Å²) in [5, 5.41) is 3.50. The number of benzene rings is 3. The lowest BCUT2D eigenvalue weighted by molar-refractivity contribution is -0.111. The highest BCUT2D eigenvalue weighted by Crippen LogP contribution is 2.41. The number of nitrogens with one attached hydrogen (secondary N) is 1. The maximum atomic E-state index is 13.5. The summed E-state index contributed by atoms with van der Waals surface area (Å²) in [4.78, 5) is 12.7. The second-order valence-electron chi connectivity index (χ2n) is 8.60. The molecule has 4 nitrogen and oxygen atoms in total. The molecule has 0 aliphatic rings. The predicted molar refractivity (Wildman–Crippen MR) is 136 cm³/mol. The van der Waals surface area contributed by atoms with Crippen LogP contribution < -0.4 is 10.1 Å². The normalized spacial score (nSPS) is 11.7. The van der Waals surface area contributed by atoms with Crippen LogP contribution in [0, 0.1) is 32.4 Å². The summed E-state index contributed by atoms with van der Waals surface area (Å²) in [6.07, 6.45) is 3.17. The first kappa shape index (κ1) is 24.2. The number of hydrogen-bond acceptors (Lipinski definition) is 3. The number of aryl methyl sites for hydroxylation is 3. The average molecular weight is 476 g/mol. The molecule has 1 heterocycles. The zero-order chi connectivity index (χ0) is 25.3. The van der Waals surface area contributed by atoms with E-state index in [0.29, 0.717) is 17.9 Å². The van der Waals surface area contributed by atoms with Gasteiger partial charge in [0.2, 0.25) is 5.91 Å². The second-order valence-corrected chi connectivity index (χ2v) is 8.60. The maximum absolute atomic E-state index is 13.5. The van der Waals surface area contributed by atoms with Crippen molar-refractivity contribution in [2.45, 2.75) is 34.6 Å². The van der Waals surface area contributed by atoms with Crippen molar-refractivity contribution in [2.24, 2.45) is 0 Å². The Hall–Kier alpha value is -3.93. The van der Waals surface area contributed by atoms with E-state index in [0.717, 1.165) is 50.9 Å². The third-order valence-corrected chi connectivity index (χ3v) is 5.96. The van der Waals surface area contributed by atoms with Gasteiger partial charge in [0.05, 0.1) is 12.9 Å². The van der Waals surface area contributed by atoms with Crippen LogP contribution in [0.25, 0.3) is 27.7 Å². The van der Waals surface area contributed by atoms with Gasteiger partial charge in [-0.05, 0) is 69.5 Å². The number of rotatable bonds is 6. The van der Waals surface area contributed by atoms with E-state index < -0.39 is 17.5 Å². The van der Waals surface area contributed by atoms with Gasteiger partial charge in [0, 0.05) is 39.9 Å². The summed E-state index contributed by atoms with van der Waals surface area (Å²) >= 11 is 0.